The molecule has 1 aromatic heterocycles. The number of fused-ring (bicyclic) bond motifs is 1. The number of amides is 2. The summed E-state index contributed by atoms with van der Waals surface area (Å²) in [6, 6.07) is 14.9. The summed E-state index contributed by atoms with van der Waals surface area (Å²) in [5, 5.41) is 16.9. The number of tetrazole rings is 1. The van der Waals surface area contributed by atoms with E-state index in [9.17, 15) is 22.0 Å². The van der Waals surface area contributed by atoms with Crippen molar-refractivity contribution in [3.8, 4) is 11.5 Å². The largest absolute Gasteiger partial charge is 0.493 e. The van der Waals surface area contributed by atoms with E-state index in [4.69, 9.17) is 9.47 Å². The second kappa shape index (κ2) is 13.5. The summed E-state index contributed by atoms with van der Waals surface area (Å²) in [5.41, 5.74) is 1.87. The number of rotatable bonds is 10. The number of benzene rings is 3. The first-order chi connectivity index (χ1) is 23.0. The van der Waals surface area contributed by atoms with Crippen LogP contribution in [0.4, 0.5) is 19.3 Å². The maximum Gasteiger partial charge on any atom is 0.319 e. The van der Waals surface area contributed by atoms with Crippen molar-refractivity contribution in [1.29, 1.82) is 0 Å². The molecule has 6 rings (SSSR count). The highest BCUT2D eigenvalue weighted by atomic mass is 32.2. The number of carbonyl (C=O) groups is 1. The number of carbonyl (C=O) groups excluding carboxylic acids is 1. The third-order valence-electron chi connectivity index (χ3n) is 9.51. The van der Waals surface area contributed by atoms with Crippen LogP contribution in [0.2, 0.25) is 0 Å². The highest BCUT2D eigenvalue weighted by Crippen LogP contribution is 2.50. The van der Waals surface area contributed by atoms with Crippen molar-refractivity contribution in [3.05, 3.63) is 83.4 Å². The monoisotopic (exact) mass is 681 g/mol. The second-order valence-electron chi connectivity index (χ2n) is 12.2. The first-order valence-electron chi connectivity index (χ1n) is 15.6. The topological polar surface area (TPSA) is 141 Å². The van der Waals surface area contributed by atoms with Crippen molar-refractivity contribution < 1.29 is 31.5 Å². The number of anilines is 1. The van der Waals surface area contributed by atoms with Crippen molar-refractivity contribution in [2.75, 3.05) is 32.6 Å². The van der Waals surface area contributed by atoms with Gasteiger partial charge in [0.25, 0.3) is 5.16 Å². The van der Waals surface area contributed by atoms with Crippen LogP contribution in [0.3, 0.4) is 0 Å². The lowest BCUT2D eigenvalue weighted by atomic mass is 9.65. The van der Waals surface area contributed by atoms with Crippen molar-refractivity contribution in [1.82, 2.24) is 30.4 Å². The van der Waals surface area contributed by atoms with E-state index in [2.05, 4.69) is 37.1 Å². The normalized spacial score (nSPS) is 21.0. The van der Waals surface area contributed by atoms with Gasteiger partial charge in [-0.05, 0) is 91.5 Å². The van der Waals surface area contributed by atoms with Gasteiger partial charge in [-0.1, -0.05) is 28.9 Å². The Hall–Kier alpha value is -4.63. The van der Waals surface area contributed by atoms with Crippen molar-refractivity contribution in [2.45, 2.75) is 66.7 Å². The fourth-order valence-electron chi connectivity index (χ4n) is 7.03. The van der Waals surface area contributed by atoms with Crippen LogP contribution in [0.1, 0.15) is 36.8 Å². The number of aryl methyl sites for hydroxylation is 1. The number of methoxy groups -OCH3 is 2. The number of ether oxygens (including phenoxy) is 2. The molecular weight excluding hydrogens is 644 g/mol. The Balaban J connectivity index is 1.23. The van der Waals surface area contributed by atoms with Crippen LogP contribution in [-0.4, -0.2) is 78.9 Å². The van der Waals surface area contributed by atoms with E-state index < -0.39 is 27.5 Å². The Morgan fingerprint density at radius 1 is 0.979 bits per heavy atom. The van der Waals surface area contributed by atoms with E-state index in [1.807, 2.05) is 19.1 Å². The average Bonchev–Trinajstić information content (AvgIpc) is 3.71. The maximum absolute atomic E-state index is 13.7. The Bertz CT molecular complexity index is 1910. The van der Waals surface area contributed by atoms with Gasteiger partial charge in [-0.3, -0.25) is 4.90 Å². The number of likely N-dealkylation sites (tertiary alicyclic amines) is 1. The summed E-state index contributed by atoms with van der Waals surface area (Å²) >= 11 is 0. The number of sulfone groups is 1. The molecule has 1 aliphatic carbocycles. The molecule has 0 unspecified atom stereocenters. The van der Waals surface area contributed by atoms with Crippen molar-refractivity contribution >= 4 is 21.6 Å². The molecule has 3 atom stereocenters. The molecule has 2 heterocycles. The lowest BCUT2D eigenvalue weighted by Gasteiger charge is -2.45. The summed E-state index contributed by atoms with van der Waals surface area (Å²) in [6.45, 7) is 3.27. The van der Waals surface area contributed by atoms with E-state index in [0.29, 0.717) is 30.9 Å². The van der Waals surface area contributed by atoms with Gasteiger partial charge in [0.1, 0.15) is 0 Å². The summed E-state index contributed by atoms with van der Waals surface area (Å²) < 4.78 is 66.4. The molecule has 0 radical (unpaired) electrons. The maximum atomic E-state index is 13.7. The average molecular weight is 682 g/mol. The molecule has 4 aromatic rings. The van der Waals surface area contributed by atoms with Crippen molar-refractivity contribution in [2.24, 2.45) is 0 Å². The van der Waals surface area contributed by atoms with Gasteiger partial charge in [0.2, 0.25) is 9.84 Å². The fraction of sp³-hybridized carbons (Fsp3) is 0.394. The molecule has 254 valence electrons. The number of halogens is 2. The molecule has 3 aromatic carbocycles. The summed E-state index contributed by atoms with van der Waals surface area (Å²) in [4.78, 5) is 15.3. The van der Waals surface area contributed by atoms with Gasteiger partial charge in [-0.2, -0.15) is 0 Å². The highest BCUT2D eigenvalue weighted by Gasteiger charge is 2.51. The van der Waals surface area contributed by atoms with Gasteiger partial charge in [-0.25, -0.2) is 26.7 Å². The lowest BCUT2D eigenvalue weighted by Crippen LogP contribution is -2.53. The highest BCUT2D eigenvalue weighted by molar-refractivity contribution is 7.91. The van der Waals surface area contributed by atoms with Crippen LogP contribution in [0.5, 0.6) is 11.5 Å². The fourth-order valence-corrected chi connectivity index (χ4v) is 8.28. The van der Waals surface area contributed by atoms with Crippen LogP contribution in [0.15, 0.2) is 70.7 Å². The minimum atomic E-state index is -3.95. The Kier molecular flexibility index (Phi) is 9.34. The molecule has 0 spiro atoms. The van der Waals surface area contributed by atoms with E-state index in [0.717, 1.165) is 42.6 Å². The SMILES string of the molecule is COc1ccc([C@@]23CC[C@H](NC(=O)Nc4ccc(F)c(F)c4)C[C@H]2N(CCn2nnnc2S(=O)(=O)c2ccc(C)cc2)CC3)cc1OC. The molecular formula is C33H37F2N7O5S. The van der Waals surface area contributed by atoms with Gasteiger partial charge in [-0.15, -0.1) is 0 Å². The number of nitrogens with one attached hydrogen (secondary N) is 2. The quantitative estimate of drug-likeness (QED) is 0.248. The Morgan fingerprint density at radius 2 is 1.75 bits per heavy atom. The molecule has 1 saturated heterocycles. The van der Waals surface area contributed by atoms with E-state index in [1.165, 1.54) is 10.7 Å². The van der Waals surface area contributed by atoms with Gasteiger partial charge in [0, 0.05) is 35.8 Å². The van der Waals surface area contributed by atoms with Gasteiger partial charge in [0.05, 0.1) is 25.7 Å². The van der Waals surface area contributed by atoms with Crippen LogP contribution in [-0.2, 0) is 21.8 Å². The van der Waals surface area contributed by atoms with Crippen LogP contribution in [0, 0.1) is 18.6 Å². The van der Waals surface area contributed by atoms with Crippen LogP contribution >= 0.6 is 0 Å². The zero-order valence-corrected chi connectivity index (χ0v) is 27.6. The third kappa shape index (κ3) is 6.43. The third-order valence-corrected chi connectivity index (χ3v) is 11.2. The minimum absolute atomic E-state index is 0.0495. The number of hydrogen-bond acceptors (Lipinski definition) is 9. The summed E-state index contributed by atoms with van der Waals surface area (Å²) in [5.74, 6) is -0.812. The smallest absolute Gasteiger partial charge is 0.319 e. The Labute approximate surface area is 277 Å². The van der Waals surface area contributed by atoms with Crippen LogP contribution in [0.25, 0.3) is 0 Å². The minimum Gasteiger partial charge on any atom is -0.493 e. The molecule has 2 aliphatic rings. The molecule has 2 fully saturated rings. The van der Waals surface area contributed by atoms with Gasteiger partial charge < -0.3 is 20.1 Å². The number of urea groups is 1. The molecule has 15 heteroatoms. The van der Waals surface area contributed by atoms with Gasteiger partial charge >= 0.3 is 6.03 Å². The first-order valence-corrected chi connectivity index (χ1v) is 17.1. The first kappa shape index (κ1) is 33.3. The van der Waals surface area contributed by atoms with E-state index in [-0.39, 0.29) is 39.8 Å². The van der Waals surface area contributed by atoms with Crippen LogP contribution < -0.4 is 20.1 Å². The molecule has 2 amide bonds. The van der Waals surface area contributed by atoms with Gasteiger partial charge in [0.15, 0.2) is 23.1 Å². The zero-order valence-electron chi connectivity index (χ0n) is 26.8. The van der Waals surface area contributed by atoms with E-state index in [1.54, 1.807) is 38.5 Å². The predicted molar refractivity (Wildman–Crippen MR) is 172 cm³/mol. The zero-order chi connectivity index (χ0) is 34.1. The Morgan fingerprint density at radius 3 is 2.48 bits per heavy atom. The molecule has 12 nitrogen and oxygen atoms in total. The standard InChI is InChI=1S/C33H37F2N7O5S/c1-21-4-8-25(9-5-21)48(44,45)32-38-39-40-42(32)17-16-41-15-14-33(22-6-11-28(46-2)29(18-22)47-3)13-12-24(20-30(33)41)37-31(43)36-23-7-10-26(34)27(35)19-23/h4-11,18-19,24,30H,12-17,20H2,1-3H3,(H2,36,37,43)/t24-,30+,33-/m0/s1. The molecule has 1 aliphatic heterocycles. The summed E-state index contributed by atoms with van der Waals surface area (Å²) in [6.07, 6.45) is 2.84. The van der Waals surface area contributed by atoms with E-state index >= 15 is 0 Å². The number of nitrogens with zero attached hydrogens (tertiary/aromatic N) is 5. The number of hydrogen-bond donors (Lipinski definition) is 2. The predicted octanol–water partition coefficient (Wildman–Crippen LogP) is 4.50. The molecule has 0 bridgehead atoms. The molecule has 1 saturated carbocycles. The summed E-state index contributed by atoms with van der Waals surface area (Å²) in [7, 11) is -0.767. The number of aromatic nitrogens is 4. The van der Waals surface area contributed by atoms with Crippen molar-refractivity contribution in [3.63, 3.8) is 0 Å². The molecule has 48 heavy (non-hydrogen) atoms. The second-order valence-corrected chi connectivity index (χ2v) is 14.1. The lowest BCUT2D eigenvalue weighted by molar-refractivity contribution is 0.131. The molecule has 2 N–H and O–H groups in total.